The third-order valence-electron chi connectivity index (χ3n) is 5.63. The van der Waals surface area contributed by atoms with Crippen LogP contribution in [0.2, 0.25) is 0 Å². The predicted molar refractivity (Wildman–Crippen MR) is 89.7 cm³/mol. The molecule has 0 bridgehead atoms. The first-order valence-electron chi connectivity index (χ1n) is 8.96. The lowest BCUT2D eigenvalue weighted by Crippen LogP contribution is -2.52. The van der Waals surface area contributed by atoms with Crippen LogP contribution < -0.4 is 5.32 Å². The number of likely N-dealkylation sites (N-methyl/N-ethyl adjacent to an activating group) is 1. The Kier molecular flexibility index (Phi) is 5.38. The molecule has 3 heteroatoms. The van der Waals surface area contributed by atoms with Crippen molar-refractivity contribution in [2.24, 2.45) is 11.8 Å². The zero-order chi connectivity index (χ0) is 15.7. The van der Waals surface area contributed by atoms with Crippen LogP contribution in [0, 0.1) is 11.8 Å². The zero-order valence-corrected chi connectivity index (χ0v) is 15.0. The van der Waals surface area contributed by atoms with Crippen molar-refractivity contribution in [1.82, 2.24) is 10.2 Å². The number of likely N-dealkylation sites (tertiary alicyclic amines) is 1. The lowest BCUT2D eigenvalue weighted by atomic mass is 9.81. The number of rotatable bonds is 5. The van der Waals surface area contributed by atoms with Crippen molar-refractivity contribution < 1.29 is 4.74 Å². The average Bonchev–Trinajstić information content (AvgIpc) is 2.57. The Bertz CT molecular complexity index is 340. The number of nitrogens with one attached hydrogen (secondary N) is 1. The van der Waals surface area contributed by atoms with Gasteiger partial charge in [0, 0.05) is 25.0 Å². The lowest BCUT2D eigenvalue weighted by Gasteiger charge is -2.38. The first-order valence-corrected chi connectivity index (χ1v) is 8.96. The quantitative estimate of drug-likeness (QED) is 0.842. The molecule has 2 aliphatic rings. The van der Waals surface area contributed by atoms with Crippen molar-refractivity contribution in [3.63, 3.8) is 0 Å². The van der Waals surface area contributed by atoms with Crippen LogP contribution in [-0.2, 0) is 4.74 Å². The van der Waals surface area contributed by atoms with Crippen molar-refractivity contribution in [3.05, 3.63) is 0 Å². The lowest BCUT2D eigenvalue weighted by molar-refractivity contribution is -0.0801. The monoisotopic (exact) mass is 296 g/mol. The number of piperidine rings is 1. The van der Waals surface area contributed by atoms with E-state index in [0.717, 1.165) is 12.5 Å². The fourth-order valence-corrected chi connectivity index (χ4v) is 4.56. The molecular formula is C18H36N2O. The molecule has 0 amide bonds. The van der Waals surface area contributed by atoms with E-state index in [-0.39, 0.29) is 11.2 Å². The van der Waals surface area contributed by atoms with Gasteiger partial charge in [0.25, 0.3) is 0 Å². The Balaban J connectivity index is 2.08. The maximum Gasteiger partial charge on any atom is 0.0790 e. The molecule has 2 rings (SSSR count). The number of hydrogen-bond donors (Lipinski definition) is 1. The number of ether oxygens (including phenoxy) is 1. The van der Waals surface area contributed by atoms with Crippen LogP contribution >= 0.6 is 0 Å². The van der Waals surface area contributed by atoms with Gasteiger partial charge in [0.2, 0.25) is 0 Å². The van der Waals surface area contributed by atoms with Gasteiger partial charge in [0.1, 0.15) is 0 Å². The molecule has 1 N–H and O–H groups in total. The van der Waals surface area contributed by atoms with Gasteiger partial charge in [-0.3, -0.25) is 0 Å². The predicted octanol–water partition coefficient (Wildman–Crippen LogP) is 3.29. The Morgan fingerprint density at radius 1 is 1.14 bits per heavy atom. The molecule has 2 aliphatic heterocycles. The van der Waals surface area contributed by atoms with Crippen LogP contribution in [-0.4, -0.2) is 48.3 Å². The number of nitrogens with zero attached hydrogens (tertiary/aromatic N) is 1. The molecule has 2 saturated heterocycles. The van der Waals surface area contributed by atoms with Crippen LogP contribution in [0.4, 0.5) is 0 Å². The highest BCUT2D eigenvalue weighted by Gasteiger charge is 2.53. The molecule has 3 nitrogen and oxygen atoms in total. The maximum absolute atomic E-state index is 6.42. The Morgan fingerprint density at radius 3 is 2.48 bits per heavy atom. The van der Waals surface area contributed by atoms with Crippen molar-refractivity contribution in [3.8, 4) is 0 Å². The molecule has 124 valence electrons. The summed E-state index contributed by atoms with van der Waals surface area (Å²) in [6.45, 7) is 18.3. The Hall–Kier alpha value is -0.120. The minimum atomic E-state index is -0.0792. The molecular weight excluding hydrogens is 260 g/mol. The van der Waals surface area contributed by atoms with Gasteiger partial charge in [-0.1, -0.05) is 20.3 Å². The third kappa shape index (κ3) is 3.80. The standard InChI is InChI=1S/C18H36N2O/c1-7-14-10-9-11-20(12-14)13-15-16(19-8-2)18(5,6)21-17(15,3)4/h14-16,19H,7-13H2,1-6H3. The minimum absolute atomic E-state index is 0.0461. The molecule has 0 aromatic carbocycles. The summed E-state index contributed by atoms with van der Waals surface area (Å²) in [6.07, 6.45) is 4.10. The molecule has 2 heterocycles. The maximum atomic E-state index is 6.42. The average molecular weight is 296 g/mol. The normalized spacial score (nSPS) is 36.0. The van der Waals surface area contributed by atoms with Gasteiger partial charge in [0.15, 0.2) is 0 Å². The molecule has 0 saturated carbocycles. The van der Waals surface area contributed by atoms with Crippen molar-refractivity contribution in [1.29, 1.82) is 0 Å². The van der Waals surface area contributed by atoms with Crippen LogP contribution in [0.25, 0.3) is 0 Å². The highest BCUT2D eigenvalue weighted by atomic mass is 16.5. The fourth-order valence-electron chi connectivity index (χ4n) is 4.56. The van der Waals surface area contributed by atoms with E-state index >= 15 is 0 Å². The van der Waals surface area contributed by atoms with Crippen molar-refractivity contribution in [2.45, 2.75) is 78.0 Å². The van der Waals surface area contributed by atoms with E-state index in [1.807, 2.05) is 0 Å². The summed E-state index contributed by atoms with van der Waals surface area (Å²) in [6, 6.07) is 0.444. The van der Waals surface area contributed by atoms with Crippen molar-refractivity contribution >= 4 is 0 Å². The third-order valence-corrected chi connectivity index (χ3v) is 5.63. The second kappa shape index (κ2) is 6.55. The van der Waals surface area contributed by atoms with Gasteiger partial charge in [-0.2, -0.15) is 0 Å². The second-order valence-corrected chi connectivity index (χ2v) is 8.13. The smallest absolute Gasteiger partial charge is 0.0790 e. The van der Waals surface area contributed by atoms with Gasteiger partial charge in [-0.25, -0.2) is 0 Å². The van der Waals surface area contributed by atoms with Gasteiger partial charge in [-0.15, -0.1) is 0 Å². The van der Waals surface area contributed by atoms with E-state index in [2.05, 4.69) is 51.8 Å². The fraction of sp³-hybridized carbons (Fsp3) is 1.00. The Labute approximate surface area is 131 Å². The van der Waals surface area contributed by atoms with Crippen LogP contribution in [0.5, 0.6) is 0 Å². The summed E-state index contributed by atoms with van der Waals surface area (Å²) in [7, 11) is 0. The van der Waals surface area contributed by atoms with E-state index in [9.17, 15) is 0 Å². The van der Waals surface area contributed by atoms with E-state index < -0.39 is 0 Å². The second-order valence-electron chi connectivity index (χ2n) is 8.13. The SMILES string of the molecule is CCNC1C(CN2CCCC(CC)C2)C(C)(C)OC1(C)C. The van der Waals surface area contributed by atoms with E-state index in [4.69, 9.17) is 4.74 Å². The minimum Gasteiger partial charge on any atom is -0.368 e. The summed E-state index contributed by atoms with van der Waals surface area (Å²) in [5.41, 5.74) is -0.125. The van der Waals surface area contributed by atoms with Crippen molar-refractivity contribution in [2.75, 3.05) is 26.2 Å². The van der Waals surface area contributed by atoms with E-state index in [1.54, 1.807) is 0 Å². The molecule has 3 atom stereocenters. The highest BCUT2D eigenvalue weighted by Crippen LogP contribution is 2.43. The molecule has 3 unspecified atom stereocenters. The summed E-state index contributed by atoms with van der Waals surface area (Å²) in [4.78, 5) is 2.69. The van der Waals surface area contributed by atoms with Gasteiger partial charge < -0.3 is 15.0 Å². The molecule has 0 radical (unpaired) electrons. The van der Waals surface area contributed by atoms with Crippen LogP contribution in [0.1, 0.15) is 60.8 Å². The van der Waals surface area contributed by atoms with E-state index in [0.29, 0.717) is 12.0 Å². The topological polar surface area (TPSA) is 24.5 Å². The van der Waals surface area contributed by atoms with E-state index in [1.165, 1.54) is 38.9 Å². The summed E-state index contributed by atoms with van der Waals surface area (Å²) < 4.78 is 6.42. The molecule has 21 heavy (non-hydrogen) atoms. The first-order chi connectivity index (χ1) is 9.80. The van der Waals surface area contributed by atoms with Crippen LogP contribution in [0.3, 0.4) is 0 Å². The van der Waals surface area contributed by atoms with Gasteiger partial charge in [0.05, 0.1) is 11.2 Å². The summed E-state index contributed by atoms with van der Waals surface area (Å²) in [5, 5.41) is 3.70. The molecule has 0 aromatic rings. The summed E-state index contributed by atoms with van der Waals surface area (Å²) in [5.74, 6) is 1.46. The Morgan fingerprint density at radius 2 is 1.86 bits per heavy atom. The first kappa shape index (κ1) is 17.2. The number of hydrogen-bond acceptors (Lipinski definition) is 3. The van der Waals surface area contributed by atoms with Crippen LogP contribution in [0.15, 0.2) is 0 Å². The molecule has 2 fully saturated rings. The largest absolute Gasteiger partial charge is 0.368 e. The van der Waals surface area contributed by atoms with Gasteiger partial charge >= 0.3 is 0 Å². The zero-order valence-electron chi connectivity index (χ0n) is 15.0. The molecule has 0 aliphatic carbocycles. The summed E-state index contributed by atoms with van der Waals surface area (Å²) >= 11 is 0. The molecule has 0 aromatic heterocycles. The highest BCUT2D eigenvalue weighted by molar-refractivity contribution is 5.06. The molecule has 0 spiro atoms. The van der Waals surface area contributed by atoms with Gasteiger partial charge in [-0.05, 0) is 59.5 Å².